The highest BCUT2D eigenvalue weighted by Crippen LogP contribution is 2.21. The third kappa shape index (κ3) is 4.73. The third-order valence-corrected chi connectivity index (χ3v) is 4.68. The van der Waals surface area contributed by atoms with Crippen LogP contribution in [0.3, 0.4) is 0 Å². The molecule has 0 aliphatic carbocycles. The number of esters is 1. The van der Waals surface area contributed by atoms with Crippen LogP contribution in [0.15, 0.2) is 66.1 Å². The van der Waals surface area contributed by atoms with Crippen molar-refractivity contribution in [3.63, 3.8) is 0 Å². The predicted molar refractivity (Wildman–Crippen MR) is 103 cm³/mol. The number of carbonyl (C=O) groups excluding carboxylic acids is 2. The van der Waals surface area contributed by atoms with Crippen LogP contribution < -0.4 is 5.32 Å². The Kier molecular flexibility index (Phi) is 5.87. The lowest BCUT2D eigenvalue weighted by molar-refractivity contribution is -0.115. The van der Waals surface area contributed by atoms with E-state index in [1.165, 1.54) is 18.9 Å². The first-order chi connectivity index (χ1) is 13.1. The number of carbonyl (C=O) groups is 2. The molecule has 1 heterocycles. The Morgan fingerprint density at radius 2 is 1.81 bits per heavy atom. The van der Waals surface area contributed by atoms with E-state index in [1.807, 2.05) is 30.3 Å². The fourth-order valence-electron chi connectivity index (χ4n) is 2.27. The first kappa shape index (κ1) is 18.7. The fourth-order valence-corrected chi connectivity index (χ4v) is 3.00. The van der Waals surface area contributed by atoms with Crippen LogP contribution in [0.1, 0.15) is 17.3 Å². The molecule has 8 heteroatoms. The number of anilines is 1. The predicted octanol–water partition coefficient (Wildman–Crippen LogP) is 3.17. The Morgan fingerprint density at radius 1 is 1.11 bits per heavy atom. The van der Waals surface area contributed by atoms with E-state index in [0.29, 0.717) is 16.4 Å². The number of nitrogens with zero attached hydrogens (tertiary/aromatic N) is 3. The van der Waals surface area contributed by atoms with Crippen molar-refractivity contribution in [2.45, 2.75) is 17.3 Å². The van der Waals surface area contributed by atoms with Crippen molar-refractivity contribution in [3.05, 3.63) is 66.5 Å². The number of hydrogen-bond acceptors (Lipinski definition) is 6. The van der Waals surface area contributed by atoms with Gasteiger partial charge in [-0.2, -0.15) is 0 Å². The molecule has 3 aromatic rings. The van der Waals surface area contributed by atoms with Crippen molar-refractivity contribution in [2.75, 3.05) is 12.4 Å². The van der Waals surface area contributed by atoms with E-state index in [9.17, 15) is 9.59 Å². The normalized spacial score (nSPS) is 11.6. The SMILES string of the molecule is COC(=O)c1ccc(NC(=O)[C@@H](C)Sc2ncn(-c3ccccc3)n2)cc1. The molecular formula is C19H18N4O3S. The van der Waals surface area contributed by atoms with Gasteiger partial charge < -0.3 is 10.1 Å². The van der Waals surface area contributed by atoms with Gasteiger partial charge in [0.2, 0.25) is 11.1 Å². The zero-order valence-electron chi connectivity index (χ0n) is 14.8. The van der Waals surface area contributed by atoms with Crippen LogP contribution in [-0.2, 0) is 9.53 Å². The highest BCUT2D eigenvalue weighted by atomic mass is 32.2. The number of nitrogens with one attached hydrogen (secondary N) is 1. The van der Waals surface area contributed by atoms with E-state index in [4.69, 9.17) is 0 Å². The summed E-state index contributed by atoms with van der Waals surface area (Å²) in [6.45, 7) is 1.78. The highest BCUT2D eigenvalue weighted by molar-refractivity contribution is 8.00. The molecule has 27 heavy (non-hydrogen) atoms. The summed E-state index contributed by atoms with van der Waals surface area (Å²) < 4.78 is 6.32. The van der Waals surface area contributed by atoms with Crippen LogP contribution in [0.5, 0.6) is 0 Å². The average Bonchev–Trinajstić information content (AvgIpc) is 3.17. The maximum absolute atomic E-state index is 12.4. The first-order valence-corrected chi connectivity index (χ1v) is 9.08. The maximum Gasteiger partial charge on any atom is 0.337 e. The molecule has 0 fully saturated rings. The molecule has 0 aliphatic heterocycles. The second-order valence-corrected chi connectivity index (χ2v) is 6.93. The number of rotatable bonds is 6. The molecule has 0 spiro atoms. The smallest absolute Gasteiger partial charge is 0.337 e. The maximum atomic E-state index is 12.4. The van der Waals surface area contributed by atoms with Gasteiger partial charge in [-0.05, 0) is 43.3 Å². The fraction of sp³-hybridized carbons (Fsp3) is 0.158. The van der Waals surface area contributed by atoms with E-state index in [1.54, 1.807) is 42.2 Å². The minimum atomic E-state index is -0.420. The number of amides is 1. The van der Waals surface area contributed by atoms with Crippen molar-refractivity contribution in [2.24, 2.45) is 0 Å². The average molecular weight is 382 g/mol. The Morgan fingerprint density at radius 3 is 2.48 bits per heavy atom. The lowest BCUT2D eigenvalue weighted by Crippen LogP contribution is -2.22. The van der Waals surface area contributed by atoms with Gasteiger partial charge in [-0.15, -0.1) is 5.10 Å². The van der Waals surface area contributed by atoms with Crippen molar-refractivity contribution < 1.29 is 14.3 Å². The van der Waals surface area contributed by atoms with Gasteiger partial charge in [-0.3, -0.25) is 4.79 Å². The van der Waals surface area contributed by atoms with Gasteiger partial charge in [-0.25, -0.2) is 14.5 Å². The van der Waals surface area contributed by atoms with E-state index in [0.717, 1.165) is 5.69 Å². The van der Waals surface area contributed by atoms with Gasteiger partial charge in [-0.1, -0.05) is 30.0 Å². The second-order valence-electron chi connectivity index (χ2n) is 5.63. The van der Waals surface area contributed by atoms with Crippen molar-refractivity contribution in [1.29, 1.82) is 0 Å². The van der Waals surface area contributed by atoms with Gasteiger partial charge in [0.05, 0.1) is 23.6 Å². The number of benzene rings is 2. The molecule has 2 aromatic carbocycles. The number of para-hydroxylation sites is 1. The molecule has 0 saturated carbocycles. The van der Waals surface area contributed by atoms with Gasteiger partial charge in [0.15, 0.2) is 0 Å². The molecule has 138 valence electrons. The first-order valence-electron chi connectivity index (χ1n) is 8.20. The Labute approximate surface area is 160 Å². The largest absolute Gasteiger partial charge is 0.465 e. The van der Waals surface area contributed by atoms with Crippen molar-refractivity contribution in [3.8, 4) is 5.69 Å². The molecule has 1 aromatic heterocycles. The van der Waals surface area contributed by atoms with E-state index >= 15 is 0 Å². The monoisotopic (exact) mass is 382 g/mol. The number of aromatic nitrogens is 3. The molecule has 0 aliphatic rings. The summed E-state index contributed by atoms with van der Waals surface area (Å²) in [6, 6.07) is 16.1. The Balaban J connectivity index is 1.59. The van der Waals surface area contributed by atoms with Crippen molar-refractivity contribution in [1.82, 2.24) is 14.8 Å². The summed E-state index contributed by atoms with van der Waals surface area (Å²) in [5.41, 5.74) is 1.93. The molecule has 0 radical (unpaired) electrons. The molecule has 1 amide bonds. The molecule has 0 bridgehead atoms. The Bertz CT molecular complexity index is 926. The van der Waals surface area contributed by atoms with E-state index in [-0.39, 0.29) is 5.91 Å². The lowest BCUT2D eigenvalue weighted by Gasteiger charge is -2.10. The van der Waals surface area contributed by atoms with Crippen LogP contribution in [0.2, 0.25) is 0 Å². The Hall–Kier alpha value is -3.13. The summed E-state index contributed by atoms with van der Waals surface area (Å²) in [4.78, 5) is 28.1. The third-order valence-electron chi connectivity index (χ3n) is 3.72. The minimum absolute atomic E-state index is 0.179. The zero-order chi connectivity index (χ0) is 19.2. The minimum Gasteiger partial charge on any atom is -0.465 e. The molecule has 1 N–H and O–H groups in total. The second kappa shape index (κ2) is 8.50. The van der Waals surface area contributed by atoms with Crippen molar-refractivity contribution >= 4 is 29.3 Å². The number of methoxy groups -OCH3 is 1. The van der Waals surface area contributed by atoms with Crippen LogP contribution in [0, 0.1) is 0 Å². The summed E-state index contributed by atoms with van der Waals surface area (Å²) >= 11 is 1.27. The molecular weight excluding hydrogens is 364 g/mol. The van der Waals surface area contributed by atoms with Gasteiger partial charge >= 0.3 is 5.97 Å². The van der Waals surface area contributed by atoms with Crippen LogP contribution in [-0.4, -0.2) is 39.0 Å². The number of hydrogen-bond donors (Lipinski definition) is 1. The van der Waals surface area contributed by atoms with Crippen LogP contribution in [0.25, 0.3) is 5.69 Å². The van der Waals surface area contributed by atoms with E-state index in [2.05, 4.69) is 20.1 Å². The molecule has 7 nitrogen and oxygen atoms in total. The zero-order valence-corrected chi connectivity index (χ0v) is 15.6. The van der Waals surface area contributed by atoms with E-state index < -0.39 is 11.2 Å². The lowest BCUT2D eigenvalue weighted by atomic mass is 10.2. The summed E-state index contributed by atoms with van der Waals surface area (Å²) in [5, 5.41) is 7.32. The van der Waals surface area contributed by atoms with Crippen LogP contribution in [0.4, 0.5) is 5.69 Å². The quantitative estimate of drug-likeness (QED) is 0.521. The molecule has 3 rings (SSSR count). The number of ether oxygens (including phenoxy) is 1. The van der Waals surface area contributed by atoms with Crippen LogP contribution >= 0.6 is 11.8 Å². The highest BCUT2D eigenvalue weighted by Gasteiger charge is 2.17. The molecule has 0 saturated heterocycles. The summed E-state index contributed by atoms with van der Waals surface area (Å²) in [6.07, 6.45) is 1.62. The summed E-state index contributed by atoms with van der Waals surface area (Å²) in [7, 11) is 1.32. The standard InChI is InChI=1S/C19H18N4O3S/c1-13(17(24)21-15-10-8-14(9-11-15)18(25)26-2)27-19-20-12-23(22-19)16-6-4-3-5-7-16/h3-13H,1-2H3,(H,21,24)/t13-/m1/s1. The summed E-state index contributed by atoms with van der Waals surface area (Å²) in [5.74, 6) is -0.598. The van der Waals surface area contributed by atoms with Gasteiger partial charge in [0, 0.05) is 5.69 Å². The molecule has 1 atom stereocenters. The van der Waals surface area contributed by atoms with Gasteiger partial charge in [0.1, 0.15) is 6.33 Å². The topological polar surface area (TPSA) is 86.1 Å². The van der Waals surface area contributed by atoms with Gasteiger partial charge in [0.25, 0.3) is 0 Å². The molecule has 0 unspecified atom stereocenters. The number of thioether (sulfide) groups is 1.